The molecule has 44 heavy (non-hydrogen) atoms. The van der Waals surface area contributed by atoms with E-state index in [2.05, 4.69) is 0 Å². The zero-order chi connectivity index (χ0) is 31.1. The lowest BCUT2D eigenvalue weighted by Gasteiger charge is -2.24. The Bertz CT molecular complexity index is 1430. The van der Waals surface area contributed by atoms with Crippen molar-refractivity contribution in [3.8, 4) is 5.75 Å². The number of benzene rings is 4. The van der Waals surface area contributed by atoms with Crippen LogP contribution >= 0.6 is 11.6 Å². The highest BCUT2D eigenvalue weighted by Gasteiger charge is 2.21. The summed E-state index contributed by atoms with van der Waals surface area (Å²) in [6, 6.07) is 31.4. The lowest BCUT2D eigenvalue weighted by Crippen LogP contribution is -2.27. The van der Waals surface area contributed by atoms with Crippen LogP contribution in [0, 0.1) is 0 Å². The number of carboxylic acids is 1. The molecule has 0 aliphatic carbocycles. The van der Waals surface area contributed by atoms with Crippen molar-refractivity contribution in [2.45, 2.75) is 58.0 Å². The molecular weight excluding hydrogens is 576 g/mol. The largest absolute Gasteiger partial charge is 0.494 e. The third kappa shape index (κ3) is 10.5. The van der Waals surface area contributed by atoms with Gasteiger partial charge in [-0.25, -0.2) is 4.79 Å². The molecule has 0 spiro atoms. The van der Waals surface area contributed by atoms with Gasteiger partial charge in [0.05, 0.1) is 44.2 Å². The molecule has 0 aliphatic heterocycles. The number of ether oxygens (including phenoxy) is 4. The molecule has 4 aromatic carbocycles. The maximum absolute atomic E-state index is 12.2. The average molecular weight is 617 g/mol. The van der Waals surface area contributed by atoms with Crippen LogP contribution in [0.15, 0.2) is 97.1 Å². The van der Waals surface area contributed by atoms with Crippen LogP contribution in [0.2, 0.25) is 5.02 Å². The van der Waals surface area contributed by atoms with Gasteiger partial charge in [-0.3, -0.25) is 0 Å². The summed E-state index contributed by atoms with van der Waals surface area (Å²) < 4.78 is 23.7. The Morgan fingerprint density at radius 1 is 0.818 bits per heavy atom. The Kier molecular flexibility index (Phi) is 13.3. The summed E-state index contributed by atoms with van der Waals surface area (Å²) in [4.78, 5) is 12.2. The minimum Gasteiger partial charge on any atom is -0.494 e. The molecule has 4 rings (SSSR count). The summed E-state index contributed by atoms with van der Waals surface area (Å²) in [7, 11) is 1.68. The summed E-state index contributed by atoms with van der Waals surface area (Å²) in [5, 5.41) is 10.4. The lowest BCUT2D eigenvalue weighted by atomic mass is 9.94. The van der Waals surface area contributed by atoms with Gasteiger partial charge in [-0.2, -0.15) is 0 Å². The van der Waals surface area contributed by atoms with Gasteiger partial charge in [-0.15, -0.1) is 0 Å². The van der Waals surface area contributed by atoms with Crippen LogP contribution in [0.5, 0.6) is 5.75 Å². The molecular formula is C37H41ClO6. The van der Waals surface area contributed by atoms with E-state index in [1.54, 1.807) is 13.2 Å². The van der Waals surface area contributed by atoms with E-state index in [4.69, 9.17) is 30.5 Å². The first-order valence-corrected chi connectivity index (χ1v) is 15.4. The minimum atomic E-state index is -1.000. The van der Waals surface area contributed by atoms with Crippen molar-refractivity contribution in [3.05, 3.63) is 135 Å². The van der Waals surface area contributed by atoms with E-state index in [0.717, 1.165) is 33.6 Å². The van der Waals surface area contributed by atoms with E-state index >= 15 is 0 Å². The van der Waals surface area contributed by atoms with E-state index in [9.17, 15) is 9.90 Å². The topological polar surface area (TPSA) is 74.2 Å². The zero-order valence-electron chi connectivity index (χ0n) is 25.4. The molecule has 7 heteroatoms. The number of aromatic carboxylic acids is 1. The van der Waals surface area contributed by atoms with Crippen molar-refractivity contribution in [2.75, 3.05) is 20.3 Å². The molecule has 0 saturated carbocycles. The summed E-state index contributed by atoms with van der Waals surface area (Å²) in [6.07, 6.45) is 1.93. The third-order valence-corrected chi connectivity index (χ3v) is 7.82. The highest BCUT2D eigenvalue weighted by Crippen LogP contribution is 2.27. The van der Waals surface area contributed by atoms with Crippen LogP contribution in [0.3, 0.4) is 0 Å². The second-order valence-corrected chi connectivity index (χ2v) is 11.1. The van der Waals surface area contributed by atoms with Crippen molar-refractivity contribution in [1.29, 1.82) is 0 Å². The lowest BCUT2D eigenvalue weighted by molar-refractivity contribution is -0.0467. The standard InChI is InChI=1S/C37H41ClO6/c1-3-43-32-17-14-27(15-18-32)20-31-21-30(35(37(39)40)23-36(31)38)16-19-33(44-25-29-12-8-5-9-13-29)22-34(41-2)26-42-24-28-10-6-4-7-11-28/h4-15,17-18,21,23,33-34H,3,16,19-20,22,24-26H2,1-2H3,(H,39,40)/t33-,34+/m1/s1. The van der Waals surface area contributed by atoms with Crippen molar-refractivity contribution >= 4 is 17.6 Å². The monoisotopic (exact) mass is 616 g/mol. The first kappa shape index (κ1) is 33.2. The number of rotatable bonds is 18. The van der Waals surface area contributed by atoms with Crippen molar-refractivity contribution in [2.24, 2.45) is 0 Å². The normalized spacial score (nSPS) is 12.5. The van der Waals surface area contributed by atoms with Crippen LogP contribution in [0.4, 0.5) is 0 Å². The van der Waals surface area contributed by atoms with Gasteiger partial charge < -0.3 is 24.1 Å². The maximum Gasteiger partial charge on any atom is 0.336 e. The molecule has 0 radical (unpaired) electrons. The highest BCUT2D eigenvalue weighted by molar-refractivity contribution is 6.31. The summed E-state index contributed by atoms with van der Waals surface area (Å²) >= 11 is 6.59. The third-order valence-electron chi connectivity index (χ3n) is 7.47. The Hall–Kier alpha value is -3.68. The summed E-state index contributed by atoms with van der Waals surface area (Å²) in [5.74, 6) is -0.189. The van der Waals surface area contributed by atoms with Gasteiger partial charge in [0.2, 0.25) is 0 Å². The van der Waals surface area contributed by atoms with Crippen LogP contribution in [0.25, 0.3) is 0 Å². The van der Waals surface area contributed by atoms with Gasteiger partial charge in [0.25, 0.3) is 0 Å². The number of hydrogen-bond acceptors (Lipinski definition) is 5. The second-order valence-electron chi connectivity index (χ2n) is 10.7. The Morgan fingerprint density at radius 3 is 2.09 bits per heavy atom. The van der Waals surface area contributed by atoms with Crippen molar-refractivity contribution < 1.29 is 28.8 Å². The van der Waals surface area contributed by atoms with Crippen LogP contribution in [-0.2, 0) is 40.3 Å². The van der Waals surface area contributed by atoms with Gasteiger partial charge in [0, 0.05) is 18.6 Å². The van der Waals surface area contributed by atoms with Gasteiger partial charge in [0.15, 0.2) is 0 Å². The fourth-order valence-corrected chi connectivity index (χ4v) is 5.31. The van der Waals surface area contributed by atoms with Gasteiger partial charge in [-0.1, -0.05) is 90.5 Å². The molecule has 2 atom stereocenters. The van der Waals surface area contributed by atoms with E-state index in [1.165, 1.54) is 0 Å². The predicted octanol–water partition coefficient (Wildman–Crippen LogP) is 8.17. The average Bonchev–Trinajstić information content (AvgIpc) is 3.04. The van der Waals surface area contributed by atoms with E-state index in [0.29, 0.717) is 57.1 Å². The number of methoxy groups -OCH3 is 1. The molecule has 0 bridgehead atoms. The van der Waals surface area contributed by atoms with E-state index in [1.807, 2.05) is 97.9 Å². The molecule has 0 aliphatic rings. The molecule has 0 unspecified atom stereocenters. The van der Waals surface area contributed by atoms with Gasteiger partial charge in [-0.05, 0) is 72.2 Å². The van der Waals surface area contributed by atoms with Crippen molar-refractivity contribution in [3.63, 3.8) is 0 Å². The second kappa shape index (κ2) is 17.6. The van der Waals surface area contributed by atoms with Gasteiger partial charge in [0.1, 0.15) is 5.75 Å². The summed E-state index contributed by atoms with van der Waals surface area (Å²) in [6.45, 7) is 3.92. The molecule has 0 amide bonds. The van der Waals surface area contributed by atoms with Crippen LogP contribution < -0.4 is 4.74 Å². The number of hydrogen-bond donors (Lipinski definition) is 1. The highest BCUT2D eigenvalue weighted by atomic mass is 35.5. The number of carbonyl (C=O) groups is 1. The fraction of sp³-hybridized carbons (Fsp3) is 0.324. The Morgan fingerprint density at radius 2 is 1.48 bits per heavy atom. The molecule has 0 saturated heterocycles. The summed E-state index contributed by atoms with van der Waals surface area (Å²) in [5.41, 5.74) is 5.05. The SMILES string of the molecule is CCOc1ccc(Cc2cc(CC[C@H](C[C@@H](COCc3ccccc3)OC)OCc3ccccc3)c(C(=O)O)cc2Cl)cc1. The zero-order valence-corrected chi connectivity index (χ0v) is 26.2. The smallest absolute Gasteiger partial charge is 0.336 e. The number of carboxylic acid groups (broad SMARTS) is 1. The first-order chi connectivity index (χ1) is 21.4. The number of aryl methyl sites for hydroxylation is 1. The minimum absolute atomic E-state index is 0.182. The Balaban J connectivity index is 1.47. The van der Waals surface area contributed by atoms with Crippen molar-refractivity contribution in [1.82, 2.24) is 0 Å². The van der Waals surface area contributed by atoms with Gasteiger partial charge >= 0.3 is 5.97 Å². The first-order valence-electron chi connectivity index (χ1n) is 15.0. The number of halogens is 1. The molecule has 0 fully saturated rings. The van der Waals surface area contributed by atoms with E-state index < -0.39 is 5.97 Å². The molecule has 4 aromatic rings. The maximum atomic E-state index is 12.2. The molecule has 6 nitrogen and oxygen atoms in total. The quantitative estimate of drug-likeness (QED) is 0.122. The fourth-order valence-electron chi connectivity index (χ4n) is 5.08. The van der Waals surface area contributed by atoms with Crippen LogP contribution in [0.1, 0.15) is 57.9 Å². The molecule has 0 heterocycles. The molecule has 232 valence electrons. The molecule has 0 aromatic heterocycles. The predicted molar refractivity (Wildman–Crippen MR) is 174 cm³/mol. The Labute approximate surface area is 265 Å². The molecule has 1 N–H and O–H groups in total. The van der Waals surface area contributed by atoms with Crippen LogP contribution in [-0.4, -0.2) is 43.6 Å². The van der Waals surface area contributed by atoms with E-state index in [-0.39, 0.29) is 17.8 Å².